The highest BCUT2D eigenvalue weighted by Gasteiger charge is 2.16. The van der Waals surface area contributed by atoms with Gasteiger partial charge in [0.25, 0.3) is 16.0 Å². The van der Waals surface area contributed by atoms with Crippen LogP contribution in [0.2, 0.25) is 0 Å². The predicted octanol–water partition coefficient (Wildman–Crippen LogP) is 2.44. The molecule has 0 atom stereocenters. The van der Waals surface area contributed by atoms with Gasteiger partial charge >= 0.3 is 0 Å². The second-order valence-corrected chi connectivity index (χ2v) is 6.85. The average Bonchev–Trinajstić information content (AvgIpc) is 2.95. The standard InChI is InChI=1S/C16H16N4O2S/c1-13-7-9-15(10-8-13)23(21,22)19-16-17-12-20(18-16)11-14-5-3-2-4-6-14/h2-10,12H,11H2,1H3,(H,18,19). The van der Waals surface area contributed by atoms with Crippen LogP contribution in [0.3, 0.4) is 0 Å². The van der Waals surface area contributed by atoms with Crippen LogP contribution in [0, 0.1) is 6.92 Å². The zero-order valence-electron chi connectivity index (χ0n) is 12.5. The molecule has 0 amide bonds. The van der Waals surface area contributed by atoms with Crippen LogP contribution in [0.5, 0.6) is 0 Å². The molecule has 2 aromatic carbocycles. The fraction of sp³-hybridized carbons (Fsp3) is 0.125. The van der Waals surface area contributed by atoms with Gasteiger partial charge in [-0.25, -0.2) is 17.8 Å². The number of nitrogens with one attached hydrogen (secondary N) is 1. The first-order valence-electron chi connectivity index (χ1n) is 7.06. The first-order chi connectivity index (χ1) is 11.0. The molecule has 0 aliphatic rings. The lowest BCUT2D eigenvalue weighted by molar-refractivity contribution is 0.600. The maximum atomic E-state index is 12.3. The summed E-state index contributed by atoms with van der Waals surface area (Å²) >= 11 is 0. The van der Waals surface area contributed by atoms with Crippen LogP contribution in [0.4, 0.5) is 5.95 Å². The van der Waals surface area contributed by atoms with Crippen molar-refractivity contribution in [1.82, 2.24) is 14.8 Å². The predicted molar refractivity (Wildman–Crippen MR) is 87.6 cm³/mol. The molecule has 0 aliphatic heterocycles. The van der Waals surface area contributed by atoms with Crippen LogP contribution in [0.25, 0.3) is 0 Å². The van der Waals surface area contributed by atoms with Crippen LogP contribution in [-0.2, 0) is 16.6 Å². The number of anilines is 1. The summed E-state index contributed by atoms with van der Waals surface area (Å²) in [4.78, 5) is 4.19. The van der Waals surface area contributed by atoms with Gasteiger partial charge in [0.05, 0.1) is 11.4 Å². The van der Waals surface area contributed by atoms with E-state index in [1.54, 1.807) is 28.9 Å². The Kier molecular flexibility index (Phi) is 4.12. The Morgan fingerprint density at radius 3 is 2.43 bits per heavy atom. The van der Waals surface area contributed by atoms with Crippen molar-refractivity contribution in [1.29, 1.82) is 0 Å². The van der Waals surface area contributed by atoms with E-state index in [0.29, 0.717) is 6.54 Å². The Hall–Kier alpha value is -2.67. The van der Waals surface area contributed by atoms with E-state index in [0.717, 1.165) is 11.1 Å². The molecule has 0 radical (unpaired) electrons. The molecule has 0 saturated heterocycles. The molecule has 7 heteroatoms. The zero-order valence-corrected chi connectivity index (χ0v) is 13.4. The third-order valence-corrected chi connectivity index (χ3v) is 4.62. The van der Waals surface area contributed by atoms with E-state index in [9.17, 15) is 8.42 Å². The topological polar surface area (TPSA) is 76.9 Å². The number of benzene rings is 2. The highest BCUT2D eigenvalue weighted by atomic mass is 32.2. The molecule has 23 heavy (non-hydrogen) atoms. The molecule has 118 valence electrons. The van der Waals surface area contributed by atoms with Gasteiger partial charge in [0, 0.05) is 0 Å². The SMILES string of the molecule is Cc1ccc(S(=O)(=O)Nc2ncn(Cc3ccccc3)n2)cc1. The van der Waals surface area contributed by atoms with E-state index in [2.05, 4.69) is 14.8 Å². The maximum absolute atomic E-state index is 12.3. The zero-order chi connectivity index (χ0) is 16.3. The molecule has 1 heterocycles. The minimum Gasteiger partial charge on any atom is -0.246 e. The number of rotatable bonds is 5. The molecule has 3 rings (SSSR count). The molecule has 3 aromatic rings. The van der Waals surface area contributed by atoms with Crippen molar-refractivity contribution in [2.75, 3.05) is 4.72 Å². The van der Waals surface area contributed by atoms with E-state index in [4.69, 9.17) is 0 Å². The highest BCUT2D eigenvalue weighted by Crippen LogP contribution is 2.13. The summed E-state index contributed by atoms with van der Waals surface area (Å²) in [5.74, 6) is 0.0570. The molecule has 0 aliphatic carbocycles. The van der Waals surface area contributed by atoms with Crippen molar-refractivity contribution < 1.29 is 8.42 Å². The first kappa shape index (κ1) is 15.2. The summed E-state index contributed by atoms with van der Waals surface area (Å²) in [7, 11) is -3.68. The van der Waals surface area contributed by atoms with E-state index in [1.165, 1.54) is 6.33 Å². The molecular formula is C16H16N4O2S. The lowest BCUT2D eigenvalue weighted by Crippen LogP contribution is -2.14. The fourth-order valence-corrected chi connectivity index (χ4v) is 3.03. The molecule has 0 fully saturated rings. The Bertz CT molecular complexity index is 887. The van der Waals surface area contributed by atoms with E-state index in [1.807, 2.05) is 37.3 Å². The van der Waals surface area contributed by atoms with Gasteiger partial charge in [-0.3, -0.25) is 0 Å². The fourth-order valence-electron chi connectivity index (χ4n) is 2.08. The Morgan fingerprint density at radius 1 is 1.04 bits per heavy atom. The summed E-state index contributed by atoms with van der Waals surface area (Å²) in [5.41, 5.74) is 2.06. The molecule has 1 N–H and O–H groups in total. The van der Waals surface area contributed by atoms with Gasteiger partial charge in [0.15, 0.2) is 0 Å². The monoisotopic (exact) mass is 328 g/mol. The number of aryl methyl sites for hydroxylation is 1. The second kappa shape index (κ2) is 6.21. The maximum Gasteiger partial charge on any atom is 0.264 e. The minimum atomic E-state index is -3.68. The third kappa shape index (κ3) is 3.75. The number of hydrogen-bond donors (Lipinski definition) is 1. The molecule has 6 nitrogen and oxygen atoms in total. The van der Waals surface area contributed by atoms with Gasteiger partial charge in [0.2, 0.25) is 0 Å². The van der Waals surface area contributed by atoms with Crippen LogP contribution in [0.15, 0.2) is 65.8 Å². The van der Waals surface area contributed by atoms with Gasteiger partial charge in [0.1, 0.15) is 6.33 Å². The van der Waals surface area contributed by atoms with Gasteiger partial charge in [-0.1, -0.05) is 48.0 Å². The summed E-state index contributed by atoms with van der Waals surface area (Å²) in [6, 6.07) is 16.4. The van der Waals surface area contributed by atoms with Crippen molar-refractivity contribution in [3.8, 4) is 0 Å². The van der Waals surface area contributed by atoms with Crippen molar-refractivity contribution >= 4 is 16.0 Å². The quantitative estimate of drug-likeness (QED) is 0.780. The summed E-state index contributed by atoms with van der Waals surface area (Å²) in [6.45, 7) is 2.43. The highest BCUT2D eigenvalue weighted by molar-refractivity contribution is 7.92. The van der Waals surface area contributed by atoms with Gasteiger partial charge in [-0.2, -0.15) is 4.98 Å². The smallest absolute Gasteiger partial charge is 0.246 e. The Labute approximate surface area is 134 Å². The normalized spacial score (nSPS) is 11.3. The molecular weight excluding hydrogens is 312 g/mol. The summed E-state index contributed by atoms with van der Waals surface area (Å²) in [5, 5.41) is 4.15. The Morgan fingerprint density at radius 2 is 1.74 bits per heavy atom. The van der Waals surface area contributed by atoms with Gasteiger partial charge in [-0.15, -0.1) is 5.10 Å². The number of aromatic nitrogens is 3. The average molecular weight is 328 g/mol. The first-order valence-corrected chi connectivity index (χ1v) is 8.54. The molecule has 0 bridgehead atoms. The van der Waals surface area contributed by atoms with E-state index < -0.39 is 10.0 Å². The summed E-state index contributed by atoms with van der Waals surface area (Å²) in [6.07, 6.45) is 1.50. The van der Waals surface area contributed by atoms with Crippen molar-refractivity contribution in [3.05, 3.63) is 72.1 Å². The minimum absolute atomic E-state index is 0.0570. The van der Waals surface area contributed by atoms with Crippen LogP contribution in [-0.4, -0.2) is 23.2 Å². The molecule has 1 aromatic heterocycles. The van der Waals surface area contributed by atoms with Gasteiger partial charge in [-0.05, 0) is 24.6 Å². The Balaban J connectivity index is 1.74. The summed E-state index contributed by atoms with van der Waals surface area (Å²) < 4.78 is 28.5. The van der Waals surface area contributed by atoms with Crippen molar-refractivity contribution in [2.45, 2.75) is 18.4 Å². The number of hydrogen-bond acceptors (Lipinski definition) is 4. The largest absolute Gasteiger partial charge is 0.264 e. The van der Waals surface area contributed by atoms with Crippen LogP contribution in [0.1, 0.15) is 11.1 Å². The van der Waals surface area contributed by atoms with Crippen LogP contribution >= 0.6 is 0 Å². The van der Waals surface area contributed by atoms with E-state index >= 15 is 0 Å². The van der Waals surface area contributed by atoms with Gasteiger partial charge < -0.3 is 0 Å². The lowest BCUT2D eigenvalue weighted by atomic mass is 10.2. The van der Waals surface area contributed by atoms with E-state index in [-0.39, 0.29) is 10.8 Å². The van der Waals surface area contributed by atoms with Crippen molar-refractivity contribution in [2.24, 2.45) is 0 Å². The second-order valence-electron chi connectivity index (χ2n) is 5.17. The third-order valence-electron chi connectivity index (χ3n) is 3.28. The molecule has 0 unspecified atom stereocenters. The number of nitrogens with zero attached hydrogens (tertiary/aromatic N) is 3. The molecule has 0 saturated carbocycles. The van der Waals surface area contributed by atoms with Crippen molar-refractivity contribution in [3.63, 3.8) is 0 Å². The van der Waals surface area contributed by atoms with Crippen LogP contribution < -0.4 is 4.72 Å². The lowest BCUT2D eigenvalue weighted by Gasteiger charge is -2.05. The number of sulfonamides is 1. The molecule has 0 spiro atoms.